The molecule has 0 atom stereocenters. The normalized spacial score (nSPS) is 16.4. The number of rotatable bonds is 6. The number of benzene rings is 2. The zero-order chi connectivity index (χ0) is 26.1. The van der Waals surface area contributed by atoms with Crippen LogP contribution in [0.4, 0.5) is 5.82 Å². The maximum absolute atomic E-state index is 12.9. The van der Waals surface area contributed by atoms with E-state index in [9.17, 15) is 10.1 Å². The lowest BCUT2D eigenvalue weighted by Crippen LogP contribution is -2.38. The summed E-state index contributed by atoms with van der Waals surface area (Å²) in [6.07, 6.45) is 5.53. The number of nitrogens with zero attached hydrogens (tertiary/aromatic N) is 4. The minimum absolute atomic E-state index is 0.152. The van der Waals surface area contributed by atoms with Gasteiger partial charge >= 0.3 is 0 Å². The molecule has 8 nitrogen and oxygen atoms in total. The Kier molecular flexibility index (Phi) is 6.26. The maximum atomic E-state index is 12.9. The largest absolute Gasteiger partial charge is 0.457 e. The van der Waals surface area contributed by atoms with Crippen molar-refractivity contribution in [3.05, 3.63) is 78.0 Å². The predicted octanol–water partition coefficient (Wildman–Crippen LogP) is 5.57. The van der Waals surface area contributed by atoms with Crippen LogP contribution in [0, 0.1) is 17.2 Å². The molecule has 0 spiro atoms. The van der Waals surface area contributed by atoms with Crippen LogP contribution in [-0.4, -0.2) is 39.1 Å². The smallest absolute Gasteiger partial charge is 0.264 e. The molecule has 2 aliphatic rings. The molecule has 3 heterocycles. The summed E-state index contributed by atoms with van der Waals surface area (Å²) >= 11 is 0. The van der Waals surface area contributed by atoms with Crippen molar-refractivity contribution in [3.63, 3.8) is 0 Å². The zero-order valence-electron chi connectivity index (χ0n) is 20.9. The third kappa shape index (κ3) is 4.83. The molecule has 0 radical (unpaired) electrons. The number of fused-ring (bicyclic) bond motifs is 1. The summed E-state index contributed by atoms with van der Waals surface area (Å²) in [5.41, 5.74) is 9.98. The SMILES string of the molecule is N#C/C(=C\C1CC1)C(=O)N1CCC(c2cc3[nH]nc(N)c3c(-c3ccc(Oc4ccccc4)cc3)n2)CC1. The number of para-hydroxylation sites is 1. The van der Waals surface area contributed by atoms with E-state index in [4.69, 9.17) is 15.5 Å². The summed E-state index contributed by atoms with van der Waals surface area (Å²) in [6, 6.07) is 21.6. The van der Waals surface area contributed by atoms with E-state index in [1.165, 1.54) is 0 Å². The summed E-state index contributed by atoms with van der Waals surface area (Å²) in [5.74, 6) is 2.34. The van der Waals surface area contributed by atoms with Crippen LogP contribution in [0.3, 0.4) is 0 Å². The van der Waals surface area contributed by atoms with Crippen molar-refractivity contribution in [3.8, 4) is 28.8 Å². The number of likely N-dealkylation sites (tertiary alicyclic amines) is 1. The lowest BCUT2D eigenvalue weighted by molar-refractivity contribution is -0.127. The number of piperidine rings is 1. The van der Waals surface area contributed by atoms with E-state index >= 15 is 0 Å². The summed E-state index contributed by atoms with van der Waals surface area (Å²) in [5, 5.41) is 17.5. The van der Waals surface area contributed by atoms with E-state index in [1.807, 2.05) is 66.7 Å². The number of nitrogen functional groups attached to an aromatic ring is 1. The molecular weight excluding hydrogens is 476 g/mol. The molecule has 4 aromatic rings. The standard InChI is InChI=1S/C30H28N6O2/c31-18-22(16-19-6-7-19)30(37)36-14-12-20(13-15-36)25-17-26-27(29(32)35-34-26)28(33-25)21-8-10-24(11-9-21)38-23-4-2-1-3-5-23/h1-5,8-11,16-17,19-20H,6-7,12-15H2,(H3,32,34,35)/b22-16+. The third-order valence-electron chi connectivity index (χ3n) is 7.27. The molecule has 1 aliphatic carbocycles. The molecule has 8 heteroatoms. The van der Waals surface area contributed by atoms with Gasteiger partial charge in [0.2, 0.25) is 0 Å². The second kappa shape index (κ2) is 10.0. The van der Waals surface area contributed by atoms with E-state index in [-0.39, 0.29) is 17.4 Å². The van der Waals surface area contributed by atoms with Crippen LogP contribution < -0.4 is 10.5 Å². The van der Waals surface area contributed by atoms with Crippen LogP contribution >= 0.6 is 0 Å². The number of carbonyl (C=O) groups excluding carboxylic acids is 1. The Morgan fingerprint density at radius 2 is 1.76 bits per heavy atom. The Labute approximate surface area is 220 Å². The van der Waals surface area contributed by atoms with Gasteiger partial charge in [0.25, 0.3) is 5.91 Å². The highest BCUT2D eigenvalue weighted by Gasteiger charge is 2.29. The van der Waals surface area contributed by atoms with Gasteiger partial charge in [0.15, 0.2) is 5.82 Å². The van der Waals surface area contributed by atoms with Crippen molar-refractivity contribution in [2.75, 3.05) is 18.8 Å². The molecule has 190 valence electrons. The van der Waals surface area contributed by atoms with Gasteiger partial charge in [-0.2, -0.15) is 10.4 Å². The van der Waals surface area contributed by atoms with Crippen molar-refractivity contribution in [1.29, 1.82) is 5.26 Å². The van der Waals surface area contributed by atoms with Gasteiger partial charge < -0.3 is 15.4 Å². The second-order valence-electron chi connectivity index (χ2n) is 9.96. The average molecular weight is 505 g/mol. The van der Waals surface area contributed by atoms with Crippen LogP contribution in [-0.2, 0) is 4.79 Å². The lowest BCUT2D eigenvalue weighted by atomic mass is 9.91. The molecule has 38 heavy (non-hydrogen) atoms. The van der Waals surface area contributed by atoms with Crippen molar-refractivity contribution >= 4 is 22.6 Å². The fourth-order valence-electron chi connectivity index (χ4n) is 5.02. The number of nitrogens with one attached hydrogen (secondary N) is 1. The number of allylic oxidation sites excluding steroid dienone is 1. The Hall–Kier alpha value is -4.64. The molecule has 0 bridgehead atoms. The summed E-state index contributed by atoms with van der Waals surface area (Å²) < 4.78 is 5.94. The second-order valence-corrected chi connectivity index (χ2v) is 9.96. The predicted molar refractivity (Wildman–Crippen MR) is 145 cm³/mol. The molecule has 6 rings (SSSR count). The van der Waals surface area contributed by atoms with Gasteiger partial charge in [-0.15, -0.1) is 0 Å². The zero-order valence-corrected chi connectivity index (χ0v) is 20.9. The topological polar surface area (TPSA) is 121 Å². The number of aromatic nitrogens is 3. The molecule has 1 aliphatic heterocycles. The molecule has 3 N–H and O–H groups in total. The van der Waals surface area contributed by atoms with Gasteiger partial charge in [0.05, 0.1) is 16.6 Å². The first-order valence-corrected chi connectivity index (χ1v) is 13.0. The third-order valence-corrected chi connectivity index (χ3v) is 7.27. The Morgan fingerprint density at radius 3 is 2.45 bits per heavy atom. The first kappa shape index (κ1) is 23.7. The number of aromatic amines is 1. The van der Waals surface area contributed by atoms with E-state index in [0.29, 0.717) is 24.8 Å². The van der Waals surface area contributed by atoms with Gasteiger partial charge in [-0.3, -0.25) is 14.9 Å². The number of hydrogen-bond donors (Lipinski definition) is 2. The van der Waals surface area contributed by atoms with Crippen molar-refractivity contribution in [1.82, 2.24) is 20.1 Å². The quantitative estimate of drug-likeness (QED) is 0.262. The fourth-order valence-corrected chi connectivity index (χ4v) is 5.02. The molecule has 2 fully saturated rings. The molecule has 2 aromatic carbocycles. The summed E-state index contributed by atoms with van der Waals surface area (Å²) in [6.45, 7) is 1.19. The highest BCUT2D eigenvalue weighted by molar-refractivity contribution is 6.00. The minimum Gasteiger partial charge on any atom is -0.457 e. The van der Waals surface area contributed by atoms with Gasteiger partial charge in [0, 0.05) is 30.3 Å². The van der Waals surface area contributed by atoms with Gasteiger partial charge in [0.1, 0.15) is 23.1 Å². The number of hydrogen-bond acceptors (Lipinski definition) is 6. The summed E-state index contributed by atoms with van der Waals surface area (Å²) in [7, 11) is 0. The number of nitriles is 1. The number of anilines is 1. The molecule has 0 unspecified atom stereocenters. The number of carbonyl (C=O) groups is 1. The first-order valence-electron chi connectivity index (χ1n) is 13.0. The van der Waals surface area contributed by atoms with E-state index in [0.717, 1.165) is 65.0 Å². The maximum Gasteiger partial charge on any atom is 0.264 e. The Bertz CT molecular complexity index is 1540. The van der Waals surface area contributed by atoms with E-state index in [1.54, 1.807) is 4.90 Å². The number of pyridine rings is 1. The monoisotopic (exact) mass is 504 g/mol. The van der Waals surface area contributed by atoms with Crippen LogP contribution in [0.15, 0.2) is 72.3 Å². The number of H-pyrrole nitrogens is 1. The molecule has 2 aromatic heterocycles. The van der Waals surface area contributed by atoms with Crippen LogP contribution in [0.5, 0.6) is 11.5 Å². The Morgan fingerprint density at radius 1 is 1.05 bits per heavy atom. The molecular formula is C30H28N6O2. The highest BCUT2D eigenvalue weighted by atomic mass is 16.5. The van der Waals surface area contributed by atoms with Crippen LogP contribution in [0.1, 0.15) is 37.3 Å². The molecule has 1 saturated heterocycles. The number of nitrogens with two attached hydrogens (primary N) is 1. The Balaban J connectivity index is 1.23. The highest BCUT2D eigenvalue weighted by Crippen LogP contribution is 2.36. The van der Waals surface area contributed by atoms with Crippen LogP contribution in [0.2, 0.25) is 0 Å². The summed E-state index contributed by atoms with van der Waals surface area (Å²) in [4.78, 5) is 19.7. The van der Waals surface area contributed by atoms with E-state index in [2.05, 4.69) is 16.3 Å². The van der Waals surface area contributed by atoms with Crippen molar-refractivity contribution < 1.29 is 9.53 Å². The van der Waals surface area contributed by atoms with Crippen LogP contribution in [0.25, 0.3) is 22.2 Å². The van der Waals surface area contributed by atoms with Crippen molar-refractivity contribution in [2.24, 2.45) is 5.92 Å². The van der Waals surface area contributed by atoms with Crippen molar-refractivity contribution in [2.45, 2.75) is 31.6 Å². The fraction of sp³-hybridized carbons (Fsp3) is 0.267. The van der Waals surface area contributed by atoms with Gasteiger partial charge in [-0.1, -0.05) is 24.3 Å². The first-order chi connectivity index (χ1) is 18.6. The minimum atomic E-state index is -0.152. The van der Waals surface area contributed by atoms with Gasteiger partial charge in [-0.25, -0.2) is 0 Å². The number of amides is 1. The number of ether oxygens (including phenoxy) is 1. The average Bonchev–Trinajstić information content (AvgIpc) is 3.71. The molecule has 1 amide bonds. The van der Waals surface area contributed by atoms with E-state index < -0.39 is 0 Å². The molecule has 1 saturated carbocycles. The lowest BCUT2D eigenvalue weighted by Gasteiger charge is -2.31. The van der Waals surface area contributed by atoms with Gasteiger partial charge in [-0.05, 0) is 74.1 Å².